The number of halogens is 3. The molecule has 20 heavy (non-hydrogen) atoms. The van der Waals surface area contributed by atoms with E-state index >= 15 is 0 Å². The van der Waals surface area contributed by atoms with Gasteiger partial charge in [-0.05, 0) is 49.1 Å². The van der Waals surface area contributed by atoms with Crippen LogP contribution in [0.15, 0.2) is 24.3 Å². The summed E-state index contributed by atoms with van der Waals surface area (Å²) in [4.78, 5) is 0. The summed E-state index contributed by atoms with van der Waals surface area (Å²) in [6, 6.07) is 6.65. The lowest BCUT2D eigenvalue weighted by Gasteiger charge is -2.33. The third-order valence-electron chi connectivity index (χ3n) is 4.67. The Kier molecular flexibility index (Phi) is 3.76. The minimum atomic E-state index is -4.13. The van der Waals surface area contributed by atoms with Gasteiger partial charge in [-0.25, -0.2) is 0 Å². The fraction of sp³-hybridized carbons (Fsp3) is 0.625. The van der Waals surface area contributed by atoms with E-state index in [0.29, 0.717) is 12.3 Å². The zero-order chi connectivity index (χ0) is 14.2. The molecule has 0 spiro atoms. The first-order valence-electron chi connectivity index (χ1n) is 7.46. The quantitative estimate of drug-likeness (QED) is 0.829. The van der Waals surface area contributed by atoms with Gasteiger partial charge in [0.2, 0.25) is 0 Å². The van der Waals surface area contributed by atoms with Crippen molar-refractivity contribution >= 4 is 0 Å². The van der Waals surface area contributed by atoms with Crippen molar-refractivity contribution in [2.45, 2.75) is 62.7 Å². The minimum absolute atomic E-state index is 0.157. The molecule has 2 fully saturated rings. The van der Waals surface area contributed by atoms with Crippen LogP contribution in [0.4, 0.5) is 13.2 Å². The van der Waals surface area contributed by atoms with Crippen LogP contribution in [-0.4, -0.2) is 12.2 Å². The normalized spacial score (nSPS) is 28.1. The van der Waals surface area contributed by atoms with Crippen molar-refractivity contribution in [1.29, 1.82) is 0 Å². The Labute approximate surface area is 117 Å². The molecule has 1 saturated heterocycles. The van der Waals surface area contributed by atoms with E-state index in [0.717, 1.165) is 12.0 Å². The van der Waals surface area contributed by atoms with Crippen molar-refractivity contribution in [2.75, 3.05) is 0 Å². The maximum Gasteiger partial charge on any atom is 0.403 e. The average molecular weight is 283 g/mol. The van der Waals surface area contributed by atoms with Crippen molar-refractivity contribution in [3.63, 3.8) is 0 Å². The van der Waals surface area contributed by atoms with Crippen LogP contribution in [0.3, 0.4) is 0 Å². The largest absolute Gasteiger partial charge is 0.403 e. The number of hydrogen-bond acceptors (Lipinski definition) is 1. The Hall–Kier alpha value is -1.03. The molecule has 2 aliphatic rings. The molecule has 0 aromatic heterocycles. The molecule has 1 nitrogen and oxygen atoms in total. The summed E-state index contributed by atoms with van der Waals surface area (Å²) in [7, 11) is 0. The molecule has 1 N–H and O–H groups in total. The Morgan fingerprint density at radius 3 is 2.30 bits per heavy atom. The molecule has 0 radical (unpaired) electrons. The van der Waals surface area contributed by atoms with E-state index < -0.39 is 12.2 Å². The average Bonchev–Trinajstić information content (AvgIpc) is 2.36. The van der Waals surface area contributed by atoms with Gasteiger partial charge in [0.25, 0.3) is 0 Å². The molecule has 1 aliphatic carbocycles. The predicted octanol–water partition coefficient (Wildman–Crippen LogP) is 4.70. The number of nitrogens with one attached hydrogen (secondary N) is 1. The van der Waals surface area contributed by atoms with Gasteiger partial charge in [-0.1, -0.05) is 30.7 Å². The van der Waals surface area contributed by atoms with Gasteiger partial charge in [0.1, 0.15) is 6.04 Å². The summed E-state index contributed by atoms with van der Waals surface area (Å²) in [6.45, 7) is 0. The maximum atomic E-state index is 12.8. The van der Waals surface area contributed by atoms with Crippen LogP contribution < -0.4 is 5.32 Å². The SMILES string of the molecule is FC(F)(F)C1CCCC(c2cccc(C3CCC3)c2)N1. The molecule has 2 unspecified atom stereocenters. The first-order chi connectivity index (χ1) is 9.54. The molecule has 1 aromatic rings. The molecule has 1 heterocycles. The molecule has 4 heteroatoms. The third kappa shape index (κ3) is 2.85. The molecule has 0 bridgehead atoms. The minimum Gasteiger partial charge on any atom is -0.299 e. The molecule has 1 saturated carbocycles. The summed E-state index contributed by atoms with van der Waals surface area (Å²) < 4.78 is 38.5. The van der Waals surface area contributed by atoms with Crippen LogP contribution in [0, 0.1) is 0 Å². The molecular weight excluding hydrogens is 263 g/mol. The van der Waals surface area contributed by atoms with Crippen LogP contribution in [0.5, 0.6) is 0 Å². The highest BCUT2D eigenvalue weighted by Gasteiger charge is 2.42. The van der Waals surface area contributed by atoms with E-state index in [9.17, 15) is 13.2 Å². The van der Waals surface area contributed by atoms with Gasteiger partial charge in [-0.3, -0.25) is 5.32 Å². The summed E-state index contributed by atoms with van der Waals surface area (Å²) in [5.74, 6) is 0.622. The molecule has 1 aliphatic heterocycles. The van der Waals surface area contributed by atoms with Crippen LogP contribution in [-0.2, 0) is 0 Å². The second-order valence-electron chi connectivity index (χ2n) is 6.04. The first kappa shape index (κ1) is 13.9. The van der Waals surface area contributed by atoms with Gasteiger partial charge in [-0.15, -0.1) is 0 Å². The van der Waals surface area contributed by atoms with Crippen molar-refractivity contribution in [1.82, 2.24) is 5.32 Å². The second kappa shape index (κ2) is 5.40. The van der Waals surface area contributed by atoms with E-state index in [2.05, 4.69) is 17.4 Å². The van der Waals surface area contributed by atoms with Crippen molar-refractivity contribution in [2.24, 2.45) is 0 Å². The highest BCUT2D eigenvalue weighted by atomic mass is 19.4. The van der Waals surface area contributed by atoms with E-state index in [-0.39, 0.29) is 12.5 Å². The number of benzene rings is 1. The number of hydrogen-bond donors (Lipinski definition) is 1. The monoisotopic (exact) mass is 283 g/mol. The molecule has 2 atom stereocenters. The van der Waals surface area contributed by atoms with Crippen LogP contribution in [0.25, 0.3) is 0 Å². The van der Waals surface area contributed by atoms with Crippen molar-refractivity contribution < 1.29 is 13.2 Å². The Morgan fingerprint density at radius 2 is 1.65 bits per heavy atom. The van der Waals surface area contributed by atoms with Gasteiger partial charge >= 0.3 is 6.18 Å². The van der Waals surface area contributed by atoms with Crippen molar-refractivity contribution in [3.8, 4) is 0 Å². The first-order valence-corrected chi connectivity index (χ1v) is 7.46. The van der Waals surface area contributed by atoms with Gasteiger partial charge in [0.15, 0.2) is 0 Å². The topological polar surface area (TPSA) is 12.0 Å². The Bertz CT molecular complexity index is 465. The molecule has 3 rings (SSSR count). The number of rotatable bonds is 2. The smallest absolute Gasteiger partial charge is 0.299 e. The predicted molar refractivity (Wildman–Crippen MR) is 72.6 cm³/mol. The highest BCUT2D eigenvalue weighted by molar-refractivity contribution is 5.30. The van der Waals surface area contributed by atoms with E-state index in [4.69, 9.17) is 0 Å². The molecular formula is C16H20F3N. The maximum absolute atomic E-state index is 12.8. The lowest BCUT2D eigenvalue weighted by atomic mass is 9.79. The third-order valence-corrected chi connectivity index (χ3v) is 4.67. The fourth-order valence-electron chi connectivity index (χ4n) is 3.23. The number of piperidine rings is 1. The standard InChI is InChI=1S/C16H20F3N/c17-16(18,19)15-9-3-8-14(20-15)13-7-2-6-12(10-13)11-4-1-5-11/h2,6-7,10-11,14-15,20H,1,3-5,8-9H2. The van der Waals surface area contributed by atoms with Gasteiger partial charge in [0, 0.05) is 6.04 Å². The van der Waals surface area contributed by atoms with Crippen LogP contribution in [0.1, 0.15) is 61.6 Å². The van der Waals surface area contributed by atoms with Gasteiger partial charge < -0.3 is 0 Å². The Morgan fingerprint density at radius 1 is 0.950 bits per heavy atom. The van der Waals surface area contributed by atoms with Crippen molar-refractivity contribution in [3.05, 3.63) is 35.4 Å². The van der Waals surface area contributed by atoms with Gasteiger partial charge in [-0.2, -0.15) is 13.2 Å². The lowest BCUT2D eigenvalue weighted by Crippen LogP contribution is -2.46. The second-order valence-corrected chi connectivity index (χ2v) is 6.04. The fourth-order valence-corrected chi connectivity index (χ4v) is 3.23. The Balaban J connectivity index is 1.74. The lowest BCUT2D eigenvalue weighted by molar-refractivity contribution is -0.163. The summed E-state index contributed by atoms with van der Waals surface area (Å²) in [5, 5.41) is 2.79. The van der Waals surface area contributed by atoms with E-state index in [1.54, 1.807) is 0 Å². The molecule has 0 amide bonds. The molecule has 110 valence electrons. The van der Waals surface area contributed by atoms with Crippen LogP contribution >= 0.6 is 0 Å². The van der Waals surface area contributed by atoms with E-state index in [1.807, 2.05) is 12.1 Å². The summed E-state index contributed by atoms with van der Waals surface area (Å²) in [5.41, 5.74) is 2.31. The van der Waals surface area contributed by atoms with Crippen LogP contribution in [0.2, 0.25) is 0 Å². The number of alkyl halides is 3. The highest BCUT2D eigenvalue weighted by Crippen LogP contribution is 2.38. The molecule has 1 aromatic carbocycles. The summed E-state index contributed by atoms with van der Waals surface area (Å²) in [6.07, 6.45) is 1.19. The zero-order valence-electron chi connectivity index (χ0n) is 11.4. The van der Waals surface area contributed by atoms with Gasteiger partial charge in [0.05, 0.1) is 0 Å². The summed E-state index contributed by atoms with van der Waals surface area (Å²) >= 11 is 0. The zero-order valence-corrected chi connectivity index (χ0v) is 11.4. The van der Waals surface area contributed by atoms with E-state index in [1.165, 1.54) is 24.8 Å².